The van der Waals surface area contributed by atoms with Crippen LogP contribution >= 0.6 is 0 Å². The van der Waals surface area contributed by atoms with Crippen LogP contribution in [0, 0.1) is 15.5 Å². The van der Waals surface area contributed by atoms with Crippen LogP contribution in [0.3, 0.4) is 0 Å². The minimum absolute atomic E-state index is 0.315. The van der Waals surface area contributed by atoms with Crippen molar-refractivity contribution in [3.63, 3.8) is 0 Å². The number of anilines is 1. The maximum absolute atomic E-state index is 10.4. The van der Waals surface area contributed by atoms with Crippen LogP contribution in [-0.4, -0.2) is 30.9 Å². The molecule has 12 heteroatoms. The van der Waals surface area contributed by atoms with E-state index in [-0.39, 0.29) is 5.95 Å². The fraction of sp³-hybridized carbons (Fsp3) is 0.250. The van der Waals surface area contributed by atoms with Gasteiger partial charge in [-0.2, -0.15) is 0 Å². The van der Waals surface area contributed by atoms with Gasteiger partial charge in [0.25, 0.3) is 5.39 Å². The second kappa shape index (κ2) is 4.50. The summed E-state index contributed by atoms with van der Waals surface area (Å²) in [5.74, 6) is -2.12. The molecule has 0 atom stereocenters. The van der Waals surface area contributed by atoms with Crippen LogP contribution in [0.2, 0.25) is 0 Å². The number of rotatable bonds is 5. The van der Waals surface area contributed by atoms with Gasteiger partial charge >= 0.3 is 11.1 Å². The molecular formula is C4H4N8O4. The number of hydrogen-bond donors (Lipinski definition) is 2. The quantitative estimate of drug-likeness (QED) is 0.394. The molecule has 0 unspecified atom stereocenters. The molecule has 0 aliphatic carbocycles. The summed E-state index contributed by atoms with van der Waals surface area (Å²) in [6, 6.07) is 0. The van der Waals surface area contributed by atoms with Crippen molar-refractivity contribution in [2.75, 3.05) is 5.43 Å². The number of diazo groups is 1. The number of carbonyl (C=O) groups is 1. The zero-order valence-corrected chi connectivity index (χ0v) is 7.51. The highest BCUT2D eigenvalue weighted by atomic mass is 16.7. The normalized spacial score (nSPS) is 9.19. The molecule has 0 saturated carbocycles. The van der Waals surface area contributed by atoms with Crippen LogP contribution in [0.25, 0.3) is 10.5 Å². The number of carboxylic acid groups (broad SMARTS) is 1. The van der Waals surface area contributed by atoms with E-state index < -0.39 is 23.5 Å². The summed E-state index contributed by atoms with van der Waals surface area (Å²) in [5.41, 5.74) is 4.68. The minimum Gasteiger partial charge on any atom is -0.481 e. The molecule has 1 aromatic rings. The van der Waals surface area contributed by atoms with Crippen molar-refractivity contribution in [1.82, 2.24) is 14.8 Å². The molecule has 1 rings (SSSR count). The summed E-state index contributed by atoms with van der Waals surface area (Å²) >= 11 is 0. The van der Waals surface area contributed by atoms with E-state index in [1.165, 1.54) is 0 Å². The Morgan fingerprint density at radius 2 is 2.50 bits per heavy atom. The molecule has 0 bridgehead atoms. The van der Waals surface area contributed by atoms with E-state index >= 15 is 0 Å². The molecule has 0 amide bonds. The fourth-order valence-corrected chi connectivity index (χ4v) is 0.807. The summed E-state index contributed by atoms with van der Waals surface area (Å²) in [7, 11) is 0. The largest absolute Gasteiger partial charge is 0.481 e. The summed E-state index contributed by atoms with van der Waals surface area (Å²) in [5, 5.41) is 31.6. The minimum atomic E-state index is -1.28. The van der Waals surface area contributed by atoms with E-state index in [2.05, 4.69) is 20.6 Å². The average molecular weight is 228 g/mol. The van der Waals surface area contributed by atoms with E-state index in [1.807, 2.05) is 5.43 Å². The molecule has 1 heterocycles. The molecule has 0 spiro atoms. The third kappa shape index (κ3) is 2.77. The lowest BCUT2D eigenvalue weighted by Gasteiger charge is -2.05. The number of hydrogen-bond acceptors (Lipinski definition) is 7. The van der Waals surface area contributed by atoms with Gasteiger partial charge in [0.2, 0.25) is 5.95 Å². The molecule has 12 nitrogen and oxygen atoms in total. The summed E-state index contributed by atoms with van der Waals surface area (Å²) in [6.07, 6.45) is 0. The Labute approximate surface area is 86.6 Å². The first-order chi connectivity index (χ1) is 7.52. The molecule has 0 aromatic carbocycles. The standard InChI is InChI=1S/C4H4N8O4/c5-10-7-3-6-4(9-12(15)16)11(8-3)1-2(13)14/h1H2,(H2-,6,7,8,9,13,14). The zero-order chi connectivity index (χ0) is 12.1. The predicted molar refractivity (Wildman–Crippen MR) is 46.4 cm³/mol. The van der Waals surface area contributed by atoms with Crippen LogP contribution < -0.4 is 5.43 Å². The fourth-order valence-electron chi connectivity index (χ4n) is 0.807. The predicted octanol–water partition coefficient (Wildman–Crippen LogP) is -0.260. The van der Waals surface area contributed by atoms with Crippen LogP contribution in [0.4, 0.5) is 11.9 Å². The smallest absolute Gasteiger partial charge is 0.311 e. The number of nitro groups is 1. The van der Waals surface area contributed by atoms with Gasteiger partial charge in [-0.1, -0.05) is 5.43 Å². The highest BCUT2D eigenvalue weighted by molar-refractivity contribution is 5.67. The SMILES string of the molecule is N#[N+]Nc1nc([N-][N+](=O)[O-])n(CC(=O)O)n1. The van der Waals surface area contributed by atoms with Gasteiger partial charge in [0.15, 0.2) is 0 Å². The lowest BCUT2D eigenvalue weighted by Crippen LogP contribution is -2.10. The zero-order valence-electron chi connectivity index (χ0n) is 7.51. The highest BCUT2D eigenvalue weighted by Gasteiger charge is 2.09. The molecule has 0 saturated heterocycles. The molecule has 1 aromatic heterocycles. The van der Waals surface area contributed by atoms with Crippen molar-refractivity contribution >= 4 is 17.9 Å². The Kier molecular flexibility index (Phi) is 3.13. The van der Waals surface area contributed by atoms with Gasteiger partial charge in [-0.25, -0.2) is 15.2 Å². The molecular weight excluding hydrogens is 224 g/mol. The van der Waals surface area contributed by atoms with Gasteiger partial charge in [-0.3, -0.25) is 4.79 Å². The van der Waals surface area contributed by atoms with Crippen molar-refractivity contribution in [2.45, 2.75) is 6.54 Å². The van der Waals surface area contributed by atoms with Crippen LogP contribution in [0.1, 0.15) is 0 Å². The van der Waals surface area contributed by atoms with Gasteiger partial charge in [0.05, 0.1) is 6.54 Å². The highest BCUT2D eigenvalue weighted by Crippen LogP contribution is 2.17. The van der Waals surface area contributed by atoms with Crippen molar-refractivity contribution in [2.24, 2.45) is 0 Å². The third-order valence-corrected chi connectivity index (χ3v) is 1.26. The van der Waals surface area contributed by atoms with E-state index in [4.69, 9.17) is 10.5 Å². The second-order valence-electron chi connectivity index (χ2n) is 2.34. The lowest BCUT2D eigenvalue weighted by molar-refractivity contribution is -0.419. The lowest BCUT2D eigenvalue weighted by atomic mass is 10.7. The van der Waals surface area contributed by atoms with Crippen molar-refractivity contribution < 1.29 is 14.9 Å². The first-order valence-corrected chi connectivity index (χ1v) is 3.65. The second-order valence-corrected chi connectivity index (χ2v) is 2.34. The molecule has 0 aliphatic heterocycles. The molecule has 0 fully saturated rings. The van der Waals surface area contributed by atoms with Crippen molar-refractivity contribution in [3.8, 4) is 0 Å². The van der Waals surface area contributed by atoms with Gasteiger partial charge in [-0.15, -0.1) is 0 Å². The van der Waals surface area contributed by atoms with E-state index in [0.717, 1.165) is 0 Å². The average Bonchev–Trinajstić information content (AvgIpc) is 2.46. The monoisotopic (exact) mass is 228 g/mol. The molecule has 2 N–H and O–H groups in total. The number of nitrogens with zero attached hydrogens (tertiary/aromatic N) is 7. The Hall–Kier alpha value is -2.97. The number of aliphatic carboxylic acids is 1. The van der Waals surface area contributed by atoms with Gasteiger partial charge in [0.1, 0.15) is 11.0 Å². The topological polar surface area (TPSA) is 165 Å². The molecule has 0 radical (unpaired) electrons. The summed E-state index contributed by atoms with van der Waals surface area (Å²) in [6.45, 7) is -0.660. The number of nitrogens with one attached hydrogen (secondary N) is 1. The Morgan fingerprint density at radius 3 is 3.00 bits per heavy atom. The maximum atomic E-state index is 10.4. The number of carboxylic acids is 1. The Morgan fingerprint density at radius 1 is 1.81 bits per heavy atom. The Bertz CT molecular complexity index is 426. The van der Waals surface area contributed by atoms with E-state index in [0.29, 0.717) is 4.68 Å². The van der Waals surface area contributed by atoms with Crippen LogP contribution in [0.15, 0.2) is 0 Å². The molecule has 0 aliphatic rings. The van der Waals surface area contributed by atoms with Gasteiger partial charge < -0.3 is 14.8 Å². The van der Waals surface area contributed by atoms with E-state index in [9.17, 15) is 14.9 Å². The third-order valence-electron chi connectivity index (χ3n) is 1.26. The molecule has 16 heavy (non-hydrogen) atoms. The van der Waals surface area contributed by atoms with Gasteiger partial charge in [0, 0.05) is 5.43 Å². The maximum Gasteiger partial charge on any atom is 0.311 e. The molecule has 84 valence electrons. The Balaban J connectivity index is 2.97. The summed E-state index contributed by atoms with van der Waals surface area (Å²) < 4.78 is 0.665. The first kappa shape index (κ1) is 11.1. The van der Waals surface area contributed by atoms with Crippen molar-refractivity contribution in [3.05, 3.63) is 20.6 Å². The van der Waals surface area contributed by atoms with Crippen LogP contribution in [0.5, 0.6) is 0 Å². The van der Waals surface area contributed by atoms with E-state index in [1.54, 1.807) is 0 Å². The van der Waals surface area contributed by atoms with Crippen LogP contribution in [-0.2, 0) is 11.3 Å². The summed E-state index contributed by atoms with van der Waals surface area (Å²) in [4.78, 5) is 23.9. The van der Waals surface area contributed by atoms with Gasteiger partial charge in [-0.05, 0) is 0 Å². The first-order valence-electron chi connectivity index (χ1n) is 3.65. The van der Waals surface area contributed by atoms with Crippen molar-refractivity contribution in [1.29, 1.82) is 5.39 Å². The number of aromatic nitrogens is 3.